The van der Waals surface area contributed by atoms with Gasteiger partial charge in [0, 0.05) is 25.8 Å². The number of methoxy groups -OCH3 is 1. The van der Waals surface area contributed by atoms with Crippen LogP contribution in [-0.2, 0) is 9.53 Å². The predicted molar refractivity (Wildman–Crippen MR) is 99.3 cm³/mol. The van der Waals surface area contributed by atoms with Gasteiger partial charge in [-0.1, -0.05) is 6.07 Å². The van der Waals surface area contributed by atoms with Crippen LogP contribution in [0.3, 0.4) is 0 Å². The Morgan fingerprint density at radius 3 is 2.56 bits per heavy atom. The summed E-state index contributed by atoms with van der Waals surface area (Å²) in [6, 6.07) is 10.6. The minimum absolute atomic E-state index is 0.127. The highest BCUT2D eigenvalue weighted by Crippen LogP contribution is 2.28. The van der Waals surface area contributed by atoms with Gasteiger partial charge in [-0.3, -0.25) is 14.9 Å². The van der Waals surface area contributed by atoms with Crippen LogP contribution in [0, 0.1) is 10.1 Å². The summed E-state index contributed by atoms with van der Waals surface area (Å²) in [7, 11) is 5.01. The molecule has 1 N–H and O–H groups in total. The molecule has 9 heteroatoms. The number of hydrogen-bond acceptors (Lipinski definition) is 7. The van der Waals surface area contributed by atoms with Gasteiger partial charge in [-0.25, -0.2) is 4.79 Å². The van der Waals surface area contributed by atoms with E-state index < -0.39 is 23.4 Å². The van der Waals surface area contributed by atoms with Crippen molar-refractivity contribution in [3.63, 3.8) is 0 Å². The number of esters is 1. The molecule has 0 spiro atoms. The second kappa shape index (κ2) is 8.65. The number of amides is 1. The summed E-state index contributed by atoms with van der Waals surface area (Å²) < 4.78 is 10.0. The Kier molecular flexibility index (Phi) is 6.32. The van der Waals surface area contributed by atoms with Crippen LogP contribution in [0.5, 0.6) is 5.75 Å². The smallest absolute Gasteiger partial charge is 0.338 e. The molecule has 9 nitrogen and oxygen atoms in total. The lowest BCUT2D eigenvalue weighted by molar-refractivity contribution is -0.384. The van der Waals surface area contributed by atoms with E-state index in [2.05, 4.69) is 5.32 Å². The second-order valence-corrected chi connectivity index (χ2v) is 5.71. The predicted octanol–water partition coefficient (Wildman–Crippen LogP) is 2.46. The van der Waals surface area contributed by atoms with E-state index >= 15 is 0 Å². The Hall–Kier alpha value is -3.62. The number of rotatable bonds is 7. The van der Waals surface area contributed by atoms with Crippen molar-refractivity contribution in [2.45, 2.75) is 0 Å². The van der Waals surface area contributed by atoms with Gasteiger partial charge < -0.3 is 19.7 Å². The van der Waals surface area contributed by atoms with Crippen LogP contribution in [0.25, 0.3) is 0 Å². The van der Waals surface area contributed by atoms with Gasteiger partial charge in [0.25, 0.3) is 11.6 Å². The van der Waals surface area contributed by atoms with E-state index in [1.807, 2.05) is 25.1 Å². The van der Waals surface area contributed by atoms with Crippen LogP contribution in [0.4, 0.5) is 17.1 Å². The lowest BCUT2D eigenvalue weighted by atomic mass is 10.2. The molecule has 0 atom stereocenters. The third-order valence-corrected chi connectivity index (χ3v) is 3.60. The summed E-state index contributed by atoms with van der Waals surface area (Å²) in [5, 5.41) is 13.3. The number of non-ortho nitro benzene ring substituents is 1. The van der Waals surface area contributed by atoms with E-state index in [0.29, 0.717) is 5.56 Å². The average Bonchev–Trinajstić information content (AvgIpc) is 2.66. The summed E-state index contributed by atoms with van der Waals surface area (Å²) in [5.41, 5.74) is 1.21. The fourth-order valence-electron chi connectivity index (χ4n) is 2.21. The molecule has 0 bridgehead atoms. The Labute approximate surface area is 155 Å². The van der Waals surface area contributed by atoms with Crippen LogP contribution >= 0.6 is 0 Å². The molecule has 0 aromatic heterocycles. The number of carbonyl (C=O) groups excluding carboxylic acids is 2. The Balaban J connectivity index is 1.99. The summed E-state index contributed by atoms with van der Waals surface area (Å²) in [6.07, 6.45) is 0. The topological polar surface area (TPSA) is 111 Å². The first-order valence-corrected chi connectivity index (χ1v) is 7.88. The van der Waals surface area contributed by atoms with Crippen molar-refractivity contribution in [2.24, 2.45) is 0 Å². The highest BCUT2D eigenvalue weighted by atomic mass is 16.6. The van der Waals surface area contributed by atoms with Gasteiger partial charge in [0.05, 0.1) is 29.4 Å². The molecule has 0 aliphatic heterocycles. The van der Waals surface area contributed by atoms with E-state index in [-0.39, 0.29) is 17.1 Å². The molecule has 142 valence electrons. The fraction of sp³-hybridized carbons (Fsp3) is 0.222. The van der Waals surface area contributed by atoms with Crippen LogP contribution in [0.1, 0.15) is 10.4 Å². The van der Waals surface area contributed by atoms with Gasteiger partial charge in [-0.2, -0.15) is 0 Å². The zero-order valence-corrected chi connectivity index (χ0v) is 15.1. The number of hydrogen-bond donors (Lipinski definition) is 1. The van der Waals surface area contributed by atoms with Crippen LogP contribution in [0.15, 0.2) is 42.5 Å². The Bertz CT molecular complexity index is 866. The Morgan fingerprint density at radius 2 is 1.93 bits per heavy atom. The number of nitrogens with one attached hydrogen (secondary N) is 1. The number of nitrogens with zero attached hydrogens (tertiary/aromatic N) is 2. The lowest BCUT2D eigenvalue weighted by Gasteiger charge is -2.13. The van der Waals surface area contributed by atoms with E-state index in [1.165, 1.54) is 25.3 Å². The molecule has 0 radical (unpaired) electrons. The van der Waals surface area contributed by atoms with Crippen molar-refractivity contribution in [2.75, 3.05) is 38.0 Å². The molecule has 0 saturated carbocycles. The molecular weight excluding hydrogens is 354 g/mol. The SMILES string of the molecule is COc1cc([N+](=O)[O-])ccc1NC(=O)COC(=O)c1cccc(N(C)C)c1. The van der Waals surface area contributed by atoms with Gasteiger partial charge in [-0.05, 0) is 24.3 Å². The molecular formula is C18H19N3O6. The maximum absolute atomic E-state index is 12.1. The molecule has 2 rings (SSSR count). The first-order chi connectivity index (χ1) is 12.8. The quantitative estimate of drug-likeness (QED) is 0.451. The van der Waals surface area contributed by atoms with Crippen LogP contribution in [-0.4, -0.2) is 44.6 Å². The standard InChI is InChI=1S/C18H19N3O6/c1-20(2)13-6-4-5-12(9-13)18(23)27-11-17(22)19-15-8-7-14(21(24)25)10-16(15)26-3/h4-10H,11H2,1-3H3,(H,19,22). The Morgan fingerprint density at radius 1 is 1.19 bits per heavy atom. The van der Waals surface area contributed by atoms with Gasteiger partial charge in [0.15, 0.2) is 6.61 Å². The first kappa shape index (κ1) is 19.7. The molecule has 27 heavy (non-hydrogen) atoms. The van der Waals surface area contributed by atoms with Crippen molar-refractivity contribution in [1.29, 1.82) is 0 Å². The lowest BCUT2D eigenvalue weighted by Crippen LogP contribution is -2.21. The first-order valence-electron chi connectivity index (χ1n) is 7.88. The molecule has 0 fully saturated rings. The van der Waals surface area contributed by atoms with E-state index in [1.54, 1.807) is 18.2 Å². The van der Waals surface area contributed by atoms with Crippen molar-refractivity contribution in [1.82, 2.24) is 0 Å². The zero-order valence-electron chi connectivity index (χ0n) is 15.1. The molecule has 0 aliphatic carbocycles. The second-order valence-electron chi connectivity index (χ2n) is 5.71. The zero-order chi connectivity index (χ0) is 20.0. The van der Waals surface area contributed by atoms with Gasteiger partial charge >= 0.3 is 5.97 Å². The highest BCUT2D eigenvalue weighted by molar-refractivity contribution is 5.96. The molecule has 0 unspecified atom stereocenters. The van der Waals surface area contributed by atoms with E-state index in [9.17, 15) is 19.7 Å². The van der Waals surface area contributed by atoms with Gasteiger partial charge in [0.1, 0.15) is 5.75 Å². The third kappa shape index (κ3) is 5.18. The molecule has 1 amide bonds. The molecule has 2 aromatic carbocycles. The monoisotopic (exact) mass is 373 g/mol. The molecule has 0 heterocycles. The number of benzene rings is 2. The van der Waals surface area contributed by atoms with Crippen molar-refractivity contribution in [3.05, 3.63) is 58.1 Å². The summed E-state index contributed by atoms with van der Waals surface area (Å²) >= 11 is 0. The molecule has 2 aromatic rings. The van der Waals surface area contributed by atoms with Crippen LogP contribution in [0.2, 0.25) is 0 Å². The number of carbonyl (C=O) groups is 2. The maximum Gasteiger partial charge on any atom is 0.338 e. The fourth-order valence-corrected chi connectivity index (χ4v) is 2.21. The maximum atomic E-state index is 12.1. The molecule has 0 aliphatic rings. The van der Waals surface area contributed by atoms with Gasteiger partial charge in [0.2, 0.25) is 0 Å². The minimum Gasteiger partial charge on any atom is -0.494 e. The third-order valence-electron chi connectivity index (χ3n) is 3.60. The van der Waals surface area contributed by atoms with Crippen LogP contribution < -0.4 is 15.0 Å². The van der Waals surface area contributed by atoms with Crippen molar-refractivity contribution < 1.29 is 24.0 Å². The number of ether oxygens (including phenoxy) is 2. The summed E-state index contributed by atoms with van der Waals surface area (Å²) in [4.78, 5) is 36.2. The highest BCUT2D eigenvalue weighted by Gasteiger charge is 2.15. The number of anilines is 2. The van der Waals surface area contributed by atoms with E-state index in [0.717, 1.165) is 5.69 Å². The summed E-state index contributed by atoms with van der Waals surface area (Å²) in [6.45, 7) is -0.509. The number of nitro benzene ring substituents is 1. The summed E-state index contributed by atoms with van der Waals surface area (Å²) in [5.74, 6) is -1.11. The number of nitro groups is 1. The van der Waals surface area contributed by atoms with E-state index in [4.69, 9.17) is 9.47 Å². The van der Waals surface area contributed by atoms with Crippen molar-refractivity contribution in [3.8, 4) is 5.75 Å². The van der Waals surface area contributed by atoms with Crippen molar-refractivity contribution >= 4 is 28.9 Å². The largest absolute Gasteiger partial charge is 0.494 e. The molecule has 0 saturated heterocycles. The van der Waals surface area contributed by atoms with Gasteiger partial charge in [-0.15, -0.1) is 0 Å². The minimum atomic E-state index is -0.635. The average molecular weight is 373 g/mol. The normalized spacial score (nSPS) is 10.0.